The summed E-state index contributed by atoms with van der Waals surface area (Å²) in [7, 11) is 2.81. The Morgan fingerprint density at radius 2 is 1.92 bits per heavy atom. The lowest BCUT2D eigenvalue weighted by Gasteiger charge is -2.28. The van der Waals surface area contributed by atoms with Crippen molar-refractivity contribution in [2.45, 2.75) is 19.3 Å². The molecule has 2 rings (SSSR count). The number of ether oxygens (including phenoxy) is 1. The van der Waals surface area contributed by atoms with Crippen LogP contribution >= 0.6 is 0 Å². The molecule has 1 heterocycles. The molecule has 0 aliphatic carbocycles. The third-order valence-corrected chi connectivity index (χ3v) is 4.35. The van der Waals surface area contributed by atoms with Gasteiger partial charge in [0.05, 0.1) is 7.11 Å². The lowest BCUT2D eigenvalue weighted by molar-refractivity contribution is -0.150. The van der Waals surface area contributed by atoms with Crippen LogP contribution in [0.3, 0.4) is 0 Å². The number of benzene rings is 1. The highest BCUT2D eigenvalue weighted by Gasteiger charge is 2.49. The van der Waals surface area contributed by atoms with E-state index in [1.54, 1.807) is 43.6 Å². The molecule has 138 valence electrons. The van der Waals surface area contributed by atoms with Crippen LogP contribution in [-0.4, -0.2) is 45.9 Å². The van der Waals surface area contributed by atoms with E-state index in [4.69, 9.17) is 4.74 Å². The number of aryl methyl sites for hydroxylation is 1. The minimum atomic E-state index is -1.73. The van der Waals surface area contributed by atoms with E-state index in [9.17, 15) is 19.5 Å². The number of imidazole rings is 1. The summed E-state index contributed by atoms with van der Waals surface area (Å²) in [4.78, 5) is 42.6. The second-order valence-electron chi connectivity index (χ2n) is 6.06. The molecule has 0 fully saturated rings. The van der Waals surface area contributed by atoms with Gasteiger partial charge in [0, 0.05) is 38.0 Å². The van der Waals surface area contributed by atoms with Crippen molar-refractivity contribution in [3.8, 4) is 0 Å². The molecule has 0 unspecified atom stereocenters. The van der Waals surface area contributed by atoms with Gasteiger partial charge in [-0.15, -0.1) is 0 Å². The molecule has 1 N–H and O–H groups in total. The van der Waals surface area contributed by atoms with Crippen LogP contribution in [-0.2, 0) is 16.6 Å². The maximum atomic E-state index is 13.2. The summed E-state index contributed by atoms with van der Waals surface area (Å²) in [5, 5.41) is 9.23. The van der Waals surface area contributed by atoms with Gasteiger partial charge in [-0.2, -0.15) is 0 Å². The molecule has 0 bridgehead atoms. The SMILES string of the molecule is COC(=O)[C@@](CCCO)(CC(=O)c1ccccc1)C(=O)c1nccn1C. The Bertz CT molecular complexity index is 784. The Morgan fingerprint density at radius 1 is 1.23 bits per heavy atom. The van der Waals surface area contributed by atoms with E-state index in [-0.39, 0.29) is 37.5 Å². The molecule has 0 spiro atoms. The van der Waals surface area contributed by atoms with Gasteiger partial charge in [0.2, 0.25) is 5.78 Å². The standard InChI is InChI=1S/C19H22N2O5/c1-21-11-10-20-17(21)16(24)19(9-6-12-22,18(25)26-2)13-15(23)14-7-4-3-5-8-14/h3-5,7-8,10-11,22H,6,9,12-13H2,1-2H3/t19-/m0/s1. The van der Waals surface area contributed by atoms with Crippen molar-refractivity contribution in [3.05, 3.63) is 54.1 Å². The quantitative estimate of drug-likeness (QED) is 0.417. The van der Waals surface area contributed by atoms with Crippen LogP contribution in [0.2, 0.25) is 0 Å². The molecular weight excluding hydrogens is 336 g/mol. The predicted octanol–water partition coefficient (Wildman–Crippen LogP) is 1.81. The van der Waals surface area contributed by atoms with Crippen LogP contribution in [0.1, 0.15) is 40.2 Å². The lowest BCUT2D eigenvalue weighted by Crippen LogP contribution is -2.43. The highest BCUT2D eigenvalue weighted by atomic mass is 16.5. The van der Waals surface area contributed by atoms with Crippen LogP contribution in [0.15, 0.2) is 42.7 Å². The first-order valence-electron chi connectivity index (χ1n) is 8.26. The number of carbonyl (C=O) groups excluding carboxylic acids is 3. The Labute approximate surface area is 151 Å². The van der Waals surface area contributed by atoms with Gasteiger partial charge in [-0.05, 0) is 12.8 Å². The predicted molar refractivity (Wildman–Crippen MR) is 93.7 cm³/mol. The van der Waals surface area contributed by atoms with Crippen LogP contribution in [0.25, 0.3) is 0 Å². The number of hydrogen-bond acceptors (Lipinski definition) is 6. The van der Waals surface area contributed by atoms with Gasteiger partial charge in [0.1, 0.15) is 5.41 Å². The molecular formula is C19H22N2O5. The molecule has 1 aromatic heterocycles. The van der Waals surface area contributed by atoms with E-state index in [0.717, 1.165) is 0 Å². The molecule has 0 aliphatic rings. The van der Waals surface area contributed by atoms with Gasteiger partial charge in [0.15, 0.2) is 11.6 Å². The first-order chi connectivity index (χ1) is 12.5. The van der Waals surface area contributed by atoms with Crippen molar-refractivity contribution in [1.82, 2.24) is 9.55 Å². The first-order valence-corrected chi connectivity index (χ1v) is 8.26. The van der Waals surface area contributed by atoms with Gasteiger partial charge in [-0.1, -0.05) is 30.3 Å². The number of nitrogens with zero attached hydrogens (tertiary/aromatic N) is 2. The molecule has 0 radical (unpaired) electrons. The van der Waals surface area contributed by atoms with E-state index in [1.807, 2.05) is 0 Å². The van der Waals surface area contributed by atoms with Crippen molar-refractivity contribution in [2.75, 3.05) is 13.7 Å². The van der Waals surface area contributed by atoms with Gasteiger partial charge >= 0.3 is 5.97 Å². The summed E-state index contributed by atoms with van der Waals surface area (Å²) in [6, 6.07) is 8.45. The molecule has 2 aromatic rings. The van der Waals surface area contributed by atoms with Gasteiger partial charge in [-0.3, -0.25) is 14.4 Å². The average molecular weight is 358 g/mol. The molecule has 26 heavy (non-hydrogen) atoms. The molecule has 0 aliphatic heterocycles. The zero-order valence-corrected chi connectivity index (χ0v) is 14.8. The molecule has 7 nitrogen and oxygen atoms in total. The highest BCUT2D eigenvalue weighted by molar-refractivity contribution is 6.14. The fraction of sp³-hybridized carbons (Fsp3) is 0.368. The highest BCUT2D eigenvalue weighted by Crippen LogP contribution is 2.35. The van der Waals surface area contributed by atoms with E-state index in [0.29, 0.717) is 5.56 Å². The van der Waals surface area contributed by atoms with E-state index in [2.05, 4.69) is 4.98 Å². The normalized spacial score (nSPS) is 13.0. The number of aliphatic hydroxyl groups is 1. The summed E-state index contributed by atoms with van der Waals surface area (Å²) in [6.45, 7) is -0.216. The smallest absolute Gasteiger partial charge is 0.320 e. The lowest BCUT2D eigenvalue weighted by atomic mass is 9.73. The largest absolute Gasteiger partial charge is 0.468 e. The maximum absolute atomic E-state index is 13.2. The van der Waals surface area contributed by atoms with Crippen LogP contribution in [0.5, 0.6) is 0 Å². The second kappa shape index (κ2) is 8.53. The molecule has 0 saturated heterocycles. The minimum absolute atomic E-state index is 0.0135. The third kappa shape index (κ3) is 3.88. The number of hydrogen-bond donors (Lipinski definition) is 1. The summed E-state index contributed by atoms with van der Waals surface area (Å²) in [6.07, 6.45) is 2.84. The Morgan fingerprint density at radius 3 is 2.46 bits per heavy atom. The number of methoxy groups -OCH3 is 1. The summed E-state index contributed by atoms with van der Waals surface area (Å²) >= 11 is 0. The Kier molecular flexibility index (Phi) is 6.41. The molecule has 1 atom stereocenters. The summed E-state index contributed by atoms with van der Waals surface area (Å²) < 4.78 is 6.37. The van der Waals surface area contributed by atoms with Crippen molar-refractivity contribution in [2.24, 2.45) is 12.5 Å². The zero-order valence-electron chi connectivity index (χ0n) is 14.8. The summed E-state index contributed by atoms with van der Waals surface area (Å²) in [5.41, 5.74) is -1.33. The zero-order chi connectivity index (χ0) is 19.2. The van der Waals surface area contributed by atoms with E-state index < -0.39 is 17.2 Å². The molecule has 7 heteroatoms. The number of Topliss-reactive ketones (excluding diaryl/α,β-unsaturated/α-hetero) is 2. The van der Waals surface area contributed by atoms with Crippen LogP contribution < -0.4 is 0 Å². The maximum Gasteiger partial charge on any atom is 0.320 e. The fourth-order valence-corrected chi connectivity index (χ4v) is 2.92. The van der Waals surface area contributed by atoms with Crippen molar-refractivity contribution < 1.29 is 24.2 Å². The molecule has 1 aromatic carbocycles. The second-order valence-corrected chi connectivity index (χ2v) is 6.06. The third-order valence-electron chi connectivity index (χ3n) is 4.35. The van der Waals surface area contributed by atoms with Crippen LogP contribution in [0, 0.1) is 5.41 Å². The van der Waals surface area contributed by atoms with E-state index >= 15 is 0 Å². The molecule has 0 saturated carbocycles. The number of rotatable bonds is 9. The van der Waals surface area contributed by atoms with Gasteiger partial charge < -0.3 is 14.4 Å². The van der Waals surface area contributed by atoms with Crippen molar-refractivity contribution >= 4 is 17.5 Å². The number of carbonyl (C=O) groups is 3. The minimum Gasteiger partial charge on any atom is -0.468 e. The average Bonchev–Trinajstić information content (AvgIpc) is 3.10. The number of aromatic nitrogens is 2. The van der Waals surface area contributed by atoms with Gasteiger partial charge in [-0.25, -0.2) is 4.98 Å². The molecule has 0 amide bonds. The number of ketones is 2. The topological polar surface area (TPSA) is 98.5 Å². The Hall–Kier alpha value is -2.80. The van der Waals surface area contributed by atoms with Crippen molar-refractivity contribution in [1.29, 1.82) is 0 Å². The fourth-order valence-electron chi connectivity index (χ4n) is 2.92. The summed E-state index contributed by atoms with van der Waals surface area (Å²) in [5.74, 6) is -1.68. The Balaban J connectivity index is 2.48. The van der Waals surface area contributed by atoms with E-state index in [1.165, 1.54) is 17.9 Å². The number of esters is 1. The monoisotopic (exact) mass is 358 g/mol. The van der Waals surface area contributed by atoms with Gasteiger partial charge in [0.25, 0.3) is 0 Å². The number of aliphatic hydroxyl groups excluding tert-OH is 1. The van der Waals surface area contributed by atoms with Crippen LogP contribution in [0.4, 0.5) is 0 Å². The van der Waals surface area contributed by atoms with Crippen molar-refractivity contribution in [3.63, 3.8) is 0 Å². The first kappa shape index (κ1) is 19.5.